The SMILES string of the molecule is C=CC(=O)CCOOP(=O)(O)OOCCC(=O)C=C. The highest BCUT2D eigenvalue weighted by Crippen LogP contribution is 2.43. The van der Waals surface area contributed by atoms with Crippen LogP contribution in [0.3, 0.4) is 0 Å². The van der Waals surface area contributed by atoms with Gasteiger partial charge in [0.25, 0.3) is 0 Å². The lowest BCUT2D eigenvalue weighted by Crippen LogP contribution is -2.05. The minimum Gasteiger partial charge on any atom is -0.299 e. The normalized spacial score (nSPS) is 11.0. The van der Waals surface area contributed by atoms with Crippen LogP contribution in [0.2, 0.25) is 0 Å². The first kappa shape index (κ1) is 17.8. The van der Waals surface area contributed by atoms with Gasteiger partial charge in [0.2, 0.25) is 0 Å². The molecule has 108 valence electrons. The molecule has 0 saturated carbocycles. The van der Waals surface area contributed by atoms with Gasteiger partial charge in [-0.2, -0.15) is 0 Å². The Balaban J connectivity index is 3.71. The zero-order valence-electron chi connectivity index (χ0n) is 10.1. The second-order valence-corrected chi connectivity index (χ2v) is 4.34. The molecule has 8 nitrogen and oxygen atoms in total. The second-order valence-electron chi connectivity index (χ2n) is 3.10. The van der Waals surface area contributed by atoms with Gasteiger partial charge in [-0.3, -0.25) is 14.5 Å². The fourth-order valence-corrected chi connectivity index (χ4v) is 1.15. The molecule has 0 heterocycles. The van der Waals surface area contributed by atoms with Crippen LogP contribution in [0, 0.1) is 0 Å². The zero-order chi connectivity index (χ0) is 14.7. The summed E-state index contributed by atoms with van der Waals surface area (Å²) in [6.07, 6.45) is 2.05. The predicted octanol–water partition coefficient (Wildman–Crippen LogP) is 1.27. The number of phosphoric acid groups is 1. The minimum absolute atomic E-state index is 0.0573. The van der Waals surface area contributed by atoms with Gasteiger partial charge in [0, 0.05) is 12.8 Å². The first-order valence-corrected chi connectivity index (χ1v) is 6.66. The van der Waals surface area contributed by atoms with Crippen LogP contribution in [0.25, 0.3) is 0 Å². The molecule has 9 heteroatoms. The summed E-state index contributed by atoms with van der Waals surface area (Å²) >= 11 is 0. The van der Waals surface area contributed by atoms with Gasteiger partial charge in [-0.1, -0.05) is 13.2 Å². The van der Waals surface area contributed by atoms with Crippen molar-refractivity contribution >= 4 is 19.4 Å². The molecule has 0 bridgehead atoms. The maximum atomic E-state index is 11.1. The number of allylic oxidation sites excluding steroid dienone is 2. The molecule has 0 aromatic carbocycles. The number of rotatable bonds is 12. The molecule has 1 N–H and O–H groups in total. The molecule has 0 aliphatic rings. The Morgan fingerprint density at radius 2 is 1.37 bits per heavy atom. The first-order chi connectivity index (χ1) is 8.91. The number of carbonyl (C=O) groups excluding carboxylic acids is 2. The lowest BCUT2D eigenvalue weighted by Gasteiger charge is -2.09. The van der Waals surface area contributed by atoms with Crippen molar-refractivity contribution in [3.8, 4) is 0 Å². The molecule has 0 radical (unpaired) electrons. The van der Waals surface area contributed by atoms with Gasteiger partial charge in [0.05, 0.1) is 13.2 Å². The van der Waals surface area contributed by atoms with Crippen LogP contribution in [0.1, 0.15) is 12.8 Å². The molecular formula is C10H15O8P. The van der Waals surface area contributed by atoms with Crippen molar-refractivity contribution in [2.45, 2.75) is 12.8 Å². The van der Waals surface area contributed by atoms with Crippen LogP contribution in [0.4, 0.5) is 0 Å². The van der Waals surface area contributed by atoms with Crippen molar-refractivity contribution in [2.75, 3.05) is 13.2 Å². The molecule has 0 saturated heterocycles. The highest BCUT2D eigenvalue weighted by molar-refractivity contribution is 7.47. The van der Waals surface area contributed by atoms with Crippen molar-refractivity contribution in [1.82, 2.24) is 0 Å². The molecule has 0 aromatic heterocycles. The maximum Gasteiger partial charge on any atom is 0.526 e. The Labute approximate surface area is 110 Å². The van der Waals surface area contributed by atoms with Crippen LogP contribution in [-0.4, -0.2) is 29.7 Å². The van der Waals surface area contributed by atoms with E-state index in [9.17, 15) is 14.2 Å². The van der Waals surface area contributed by atoms with E-state index in [2.05, 4.69) is 32.3 Å². The van der Waals surface area contributed by atoms with E-state index in [1.165, 1.54) is 0 Å². The van der Waals surface area contributed by atoms with Gasteiger partial charge >= 0.3 is 7.82 Å². The summed E-state index contributed by atoms with van der Waals surface area (Å²) in [5.41, 5.74) is 0. The summed E-state index contributed by atoms with van der Waals surface area (Å²) in [7, 11) is -4.55. The van der Waals surface area contributed by atoms with Crippen molar-refractivity contribution in [1.29, 1.82) is 0 Å². The molecule has 0 aliphatic carbocycles. The Kier molecular flexibility index (Phi) is 9.15. The molecule has 0 rings (SSSR count). The highest BCUT2D eigenvalue weighted by atomic mass is 31.2. The average Bonchev–Trinajstić information content (AvgIpc) is 2.39. The van der Waals surface area contributed by atoms with Crippen LogP contribution >= 0.6 is 7.82 Å². The van der Waals surface area contributed by atoms with E-state index in [0.717, 1.165) is 12.2 Å². The van der Waals surface area contributed by atoms with Gasteiger partial charge < -0.3 is 0 Å². The van der Waals surface area contributed by atoms with Gasteiger partial charge in [-0.05, 0) is 12.2 Å². The van der Waals surface area contributed by atoms with Crippen LogP contribution in [-0.2, 0) is 33.3 Å². The third kappa shape index (κ3) is 10.5. The van der Waals surface area contributed by atoms with Gasteiger partial charge in [-0.15, -0.1) is 9.35 Å². The second kappa shape index (κ2) is 9.74. The molecule has 0 spiro atoms. The third-order valence-corrected chi connectivity index (χ3v) is 2.20. The predicted molar refractivity (Wildman–Crippen MR) is 63.5 cm³/mol. The maximum absolute atomic E-state index is 11.1. The van der Waals surface area contributed by atoms with Crippen molar-refractivity contribution in [3.05, 3.63) is 25.3 Å². The molecule has 0 amide bonds. The third-order valence-electron chi connectivity index (χ3n) is 1.61. The Hall–Kier alpha value is -1.15. The lowest BCUT2D eigenvalue weighted by molar-refractivity contribution is -0.278. The number of hydrogen-bond donors (Lipinski definition) is 1. The van der Waals surface area contributed by atoms with Gasteiger partial charge in [-0.25, -0.2) is 14.3 Å². The monoisotopic (exact) mass is 294 g/mol. The largest absolute Gasteiger partial charge is 0.526 e. The summed E-state index contributed by atoms with van der Waals surface area (Å²) < 4.78 is 19.2. The first-order valence-electron chi connectivity index (χ1n) is 5.17. The highest BCUT2D eigenvalue weighted by Gasteiger charge is 2.24. The van der Waals surface area contributed by atoms with Gasteiger partial charge in [0.1, 0.15) is 0 Å². The van der Waals surface area contributed by atoms with Crippen LogP contribution in [0.5, 0.6) is 0 Å². The van der Waals surface area contributed by atoms with Crippen molar-refractivity contribution in [3.63, 3.8) is 0 Å². The fraction of sp³-hybridized carbons (Fsp3) is 0.400. The topological polar surface area (TPSA) is 108 Å². The number of carbonyl (C=O) groups is 2. The van der Waals surface area contributed by atoms with Crippen LogP contribution in [0.15, 0.2) is 25.3 Å². The quantitative estimate of drug-likeness (QED) is 0.188. The Morgan fingerprint density at radius 1 is 1.00 bits per heavy atom. The lowest BCUT2D eigenvalue weighted by atomic mass is 10.3. The summed E-state index contributed by atoms with van der Waals surface area (Å²) in [5.74, 6) is -0.618. The summed E-state index contributed by atoms with van der Waals surface area (Å²) in [4.78, 5) is 39.1. The molecule has 0 atom stereocenters. The van der Waals surface area contributed by atoms with Crippen LogP contribution < -0.4 is 0 Å². The summed E-state index contributed by atoms with van der Waals surface area (Å²) in [5, 5.41) is 0. The van der Waals surface area contributed by atoms with E-state index in [4.69, 9.17) is 4.89 Å². The van der Waals surface area contributed by atoms with E-state index in [-0.39, 0.29) is 37.6 Å². The van der Waals surface area contributed by atoms with E-state index in [1.807, 2.05) is 0 Å². The zero-order valence-corrected chi connectivity index (χ0v) is 11.0. The van der Waals surface area contributed by atoms with E-state index >= 15 is 0 Å². The Bertz CT molecular complexity index is 346. The smallest absolute Gasteiger partial charge is 0.299 e. The van der Waals surface area contributed by atoms with Crippen molar-refractivity contribution in [2.24, 2.45) is 0 Å². The molecular weight excluding hydrogens is 279 g/mol. The number of ketones is 2. The molecule has 0 unspecified atom stereocenters. The van der Waals surface area contributed by atoms with E-state index < -0.39 is 7.82 Å². The molecule has 19 heavy (non-hydrogen) atoms. The van der Waals surface area contributed by atoms with Gasteiger partial charge in [0.15, 0.2) is 11.6 Å². The minimum atomic E-state index is -4.55. The summed E-state index contributed by atoms with van der Waals surface area (Å²) in [6, 6.07) is 0. The molecule has 0 fully saturated rings. The fourth-order valence-electron chi connectivity index (χ4n) is 0.709. The Morgan fingerprint density at radius 3 is 1.68 bits per heavy atom. The standard InChI is InChI=1S/C10H15O8P/c1-3-9(11)5-7-15-17-19(13,14)18-16-8-6-10(12)4-2/h3-4H,1-2,5-8H2,(H,13,14). The summed E-state index contributed by atoms with van der Waals surface area (Å²) in [6.45, 7) is 5.98. The van der Waals surface area contributed by atoms with E-state index in [1.54, 1.807) is 0 Å². The van der Waals surface area contributed by atoms with E-state index in [0.29, 0.717) is 0 Å². The number of hydrogen-bond acceptors (Lipinski definition) is 7. The molecule has 0 aromatic rings. The van der Waals surface area contributed by atoms with Crippen molar-refractivity contribution < 1.29 is 38.2 Å². The average molecular weight is 294 g/mol. The molecule has 0 aliphatic heterocycles.